The molecule has 1 saturated heterocycles. The van der Waals surface area contributed by atoms with Gasteiger partial charge in [-0.05, 0) is 17.7 Å². The topological polar surface area (TPSA) is 80.4 Å². The Morgan fingerprint density at radius 3 is 2.46 bits per heavy atom. The van der Waals surface area contributed by atoms with Crippen LogP contribution in [-0.2, 0) is 4.79 Å². The SMILES string of the molecule is O=C1N/C(=N\c2nnc(-c3ccccc3)o2)SC1c1ccccc1. The smallest absolute Gasteiger partial charge is 0.345 e. The summed E-state index contributed by atoms with van der Waals surface area (Å²) in [5.74, 6) is 0.289. The van der Waals surface area contributed by atoms with E-state index in [4.69, 9.17) is 4.42 Å². The van der Waals surface area contributed by atoms with Crippen molar-refractivity contribution >= 4 is 28.9 Å². The Kier molecular flexibility index (Phi) is 3.84. The highest BCUT2D eigenvalue weighted by Gasteiger charge is 2.31. The predicted molar refractivity (Wildman–Crippen MR) is 91.7 cm³/mol. The zero-order valence-corrected chi connectivity index (χ0v) is 13.2. The van der Waals surface area contributed by atoms with Crippen LogP contribution in [0.1, 0.15) is 10.8 Å². The molecule has 1 N–H and O–H groups in total. The summed E-state index contributed by atoms with van der Waals surface area (Å²) in [6.45, 7) is 0. The van der Waals surface area contributed by atoms with Crippen molar-refractivity contribution in [2.24, 2.45) is 4.99 Å². The number of amides is 1. The van der Waals surface area contributed by atoms with E-state index in [2.05, 4.69) is 20.5 Å². The van der Waals surface area contributed by atoms with Gasteiger partial charge in [0.2, 0.25) is 11.8 Å². The average Bonchev–Trinajstić information content (AvgIpc) is 3.23. The van der Waals surface area contributed by atoms with Gasteiger partial charge in [-0.1, -0.05) is 65.4 Å². The molecule has 1 atom stereocenters. The molecule has 1 amide bonds. The number of benzene rings is 2. The number of nitrogens with one attached hydrogen (secondary N) is 1. The third-order valence-electron chi connectivity index (χ3n) is 3.43. The quantitative estimate of drug-likeness (QED) is 0.793. The number of nitrogens with zero attached hydrogens (tertiary/aromatic N) is 3. The Morgan fingerprint density at radius 2 is 1.71 bits per heavy atom. The number of hydrogen-bond donors (Lipinski definition) is 1. The van der Waals surface area contributed by atoms with Gasteiger partial charge >= 0.3 is 6.01 Å². The molecule has 7 heteroatoms. The fourth-order valence-corrected chi connectivity index (χ4v) is 3.28. The Balaban J connectivity index is 1.55. The van der Waals surface area contributed by atoms with Gasteiger partial charge < -0.3 is 9.73 Å². The van der Waals surface area contributed by atoms with Gasteiger partial charge in [-0.25, -0.2) is 0 Å². The van der Waals surface area contributed by atoms with E-state index < -0.39 is 0 Å². The number of amidine groups is 1. The maximum Gasteiger partial charge on any atom is 0.345 e. The van der Waals surface area contributed by atoms with E-state index in [0.29, 0.717) is 11.1 Å². The summed E-state index contributed by atoms with van der Waals surface area (Å²) >= 11 is 1.33. The van der Waals surface area contributed by atoms with Gasteiger partial charge in [0, 0.05) is 5.56 Å². The van der Waals surface area contributed by atoms with E-state index in [9.17, 15) is 4.79 Å². The average molecular weight is 336 g/mol. The van der Waals surface area contributed by atoms with Crippen LogP contribution >= 0.6 is 11.8 Å². The lowest BCUT2D eigenvalue weighted by atomic mass is 10.1. The van der Waals surface area contributed by atoms with Crippen molar-refractivity contribution in [3.63, 3.8) is 0 Å². The molecule has 24 heavy (non-hydrogen) atoms. The van der Waals surface area contributed by atoms with Gasteiger partial charge in [0.1, 0.15) is 5.25 Å². The fourth-order valence-electron chi connectivity index (χ4n) is 2.31. The molecule has 0 bridgehead atoms. The van der Waals surface area contributed by atoms with Crippen LogP contribution in [-0.4, -0.2) is 21.3 Å². The molecule has 3 aromatic rings. The number of hydrogen-bond acceptors (Lipinski definition) is 6. The molecule has 2 heterocycles. The highest BCUT2D eigenvalue weighted by Crippen LogP contribution is 2.35. The van der Waals surface area contributed by atoms with E-state index in [-0.39, 0.29) is 17.2 Å². The zero-order chi connectivity index (χ0) is 16.4. The number of carbonyl (C=O) groups excluding carboxylic acids is 1. The first-order chi connectivity index (χ1) is 11.8. The summed E-state index contributed by atoms with van der Waals surface area (Å²) in [7, 11) is 0. The first-order valence-electron chi connectivity index (χ1n) is 7.30. The summed E-state index contributed by atoms with van der Waals surface area (Å²) in [6.07, 6.45) is 0. The van der Waals surface area contributed by atoms with Crippen LogP contribution in [0.15, 0.2) is 70.1 Å². The van der Waals surface area contributed by atoms with Crippen LogP contribution in [0.4, 0.5) is 6.01 Å². The predicted octanol–water partition coefficient (Wildman–Crippen LogP) is 3.33. The minimum atomic E-state index is -0.318. The second-order valence-corrected chi connectivity index (χ2v) is 6.16. The van der Waals surface area contributed by atoms with E-state index in [1.165, 1.54) is 11.8 Å². The van der Waals surface area contributed by atoms with Crippen molar-refractivity contribution in [2.45, 2.75) is 5.25 Å². The van der Waals surface area contributed by atoms with Gasteiger partial charge in [0.05, 0.1) is 0 Å². The van der Waals surface area contributed by atoms with Crippen molar-refractivity contribution in [1.29, 1.82) is 0 Å². The lowest BCUT2D eigenvalue weighted by Crippen LogP contribution is -2.21. The van der Waals surface area contributed by atoms with Crippen LogP contribution < -0.4 is 5.32 Å². The third kappa shape index (κ3) is 2.93. The Morgan fingerprint density at radius 1 is 1.00 bits per heavy atom. The van der Waals surface area contributed by atoms with Gasteiger partial charge in [-0.2, -0.15) is 4.99 Å². The molecule has 0 radical (unpaired) electrons. The highest BCUT2D eigenvalue weighted by atomic mass is 32.2. The first kappa shape index (κ1) is 14.6. The summed E-state index contributed by atoms with van der Waals surface area (Å²) in [5, 5.41) is 10.8. The molecule has 1 aromatic heterocycles. The zero-order valence-electron chi connectivity index (χ0n) is 12.4. The van der Waals surface area contributed by atoms with Crippen LogP contribution in [0.3, 0.4) is 0 Å². The van der Waals surface area contributed by atoms with E-state index >= 15 is 0 Å². The number of carbonyl (C=O) groups is 1. The van der Waals surface area contributed by atoms with Gasteiger partial charge in [0.15, 0.2) is 5.17 Å². The molecule has 1 unspecified atom stereocenters. The summed E-state index contributed by atoms with van der Waals surface area (Å²) < 4.78 is 5.53. The Labute approximate surface area is 142 Å². The Hall–Kier alpha value is -2.93. The van der Waals surface area contributed by atoms with Crippen molar-refractivity contribution in [2.75, 3.05) is 0 Å². The molecule has 1 aliphatic rings. The lowest BCUT2D eigenvalue weighted by Gasteiger charge is -2.03. The number of aromatic nitrogens is 2. The second kappa shape index (κ2) is 6.29. The summed E-state index contributed by atoms with van der Waals surface area (Å²) in [4.78, 5) is 16.4. The van der Waals surface area contributed by atoms with E-state index in [0.717, 1.165) is 11.1 Å². The van der Waals surface area contributed by atoms with Gasteiger partial charge in [-0.3, -0.25) is 4.79 Å². The van der Waals surface area contributed by atoms with E-state index in [1.807, 2.05) is 60.7 Å². The van der Waals surface area contributed by atoms with Crippen molar-refractivity contribution in [3.8, 4) is 11.5 Å². The molecular formula is C17H12N4O2S. The number of thioether (sulfide) groups is 1. The number of aliphatic imine (C=N–C) groups is 1. The minimum absolute atomic E-state index is 0.104. The molecule has 0 aliphatic carbocycles. The first-order valence-corrected chi connectivity index (χ1v) is 8.17. The summed E-state index contributed by atoms with van der Waals surface area (Å²) in [5.41, 5.74) is 1.75. The van der Waals surface area contributed by atoms with Crippen LogP contribution in [0.2, 0.25) is 0 Å². The van der Waals surface area contributed by atoms with Crippen LogP contribution in [0, 0.1) is 0 Å². The maximum atomic E-state index is 12.1. The number of rotatable bonds is 3. The maximum absolute atomic E-state index is 12.1. The largest absolute Gasteiger partial charge is 0.402 e. The monoisotopic (exact) mass is 336 g/mol. The molecule has 0 saturated carbocycles. The summed E-state index contributed by atoms with van der Waals surface area (Å²) in [6, 6.07) is 19.1. The van der Waals surface area contributed by atoms with Crippen molar-refractivity contribution in [3.05, 3.63) is 66.2 Å². The molecular weight excluding hydrogens is 324 g/mol. The molecule has 6 nitrogen and oxygen atoms in total. The molecule has 0 spiro atoms. The molecule has 2 aromatic carbocycles. The molecule has 1 aliphatic heterocycles. The van der Waals surface area contributed by atoms with E-state index in [1.54, 1.807) is 0 Å². The second-order valence-electron chi connectivity index (χ2n) is 5.07. The minimum Gasteiger partial charge on any atom is -0.402 e. The van der Waals surface area contributed by atoms with Crippen molar-refractivity contribution in [1.82, 2.24) is 15.5 Å². The molecule has 1 fully saturated rings. The van der Waals surface area contributed by atoms with Gasteiger partial charge in [-0.15, -0.1) is 5.10 Å². The molecule has 4 rings (SSSR count). The standard InChI is InChI=1S/C17H12N4O2S/c22-14-13(11-7-3-1-4-8-11)24-17(18-14)19-16-21-20-15(23-16)12-9-5-2-6-10-12/h1-10,13H,(H,18,19,21,22). The Bertz CT molecular complexity index is 893. The highest BCUT2D eigenvalue weighted by molar-refractivity contribution is 8.15. The molecule has 118 valence electrons. The van der Waals surface area contributed by atoms with Crippen LogP contribution in [0.25, 0.3) is 11.5 Å². The van der Waals surface area contributed by atoms with Crippen LogP contribution in [0.5, 0.6) is 0 Å². The van der Waals surface area contributed by atoms with Crippen molar-refractivity contribution < 1.29 is 9.21 Å². The van der Waals surface area contributed by atoms with Gasteiger partial charge in [0.25, 0.3) is 0 Å². The third-order valence-corrected chi connectivity index (χ3v) is 4.57. The normalized spacial score (nSPS) is 18.8. The lowest BCUT2D eigenvalue weighted by molar-refractivity contribution is -0.118. The fraction of sp³-hybridized carbons (Fsp3) is 0.0588.